The molecule has 2 aromatic heterocycles. The predicted molar refractivity (Wildman–Crippen MR) is 144 cm³/mol. The summed E-state index contributed by atoms with van der Waals surface area (Å²) in [5.74, 6) is 5.72. The van der Waals surface area contributed by atoms with Crippen LogP contribution in [-0.4, -0.2) is 80.1 Å². The Morgan fingerprint density at radius 3 is 2.44 bits per heavy atom. The van der Waals surface area contributed by atoms with E-state index in [-0.39, 0.29) is 55.2 Å². The quantitative estimate of drug-likeness (QED) is 0.103. The Labute approximate surface area is 243 Å². The summed E-state index contributed by atoms with van der Waals surface area (Å²) in [6.45, 7) is 2.49. The van der Waals surface area contributed by atoms with Crippen molar-refractivity contribution < 1.29 is 36.3 Å². The van der Waals surface area contributed by atoms with E-state index >= 15 is 0 Å². The van der Waals surface area contributed by atoms with Gasteiger partial charge in [-0.3, -0.25) is 24.0 Å². The Kier molecular flexibility index (Phi) is 9.58. The van der Waals surface area contributed by atoms with Crippen LogP contribution in [0.15, 0.2) is 29.8 Å². The van der Waals surface area contributed by atoms with E-state index in [1.807, 2.05) is 13.8 Å². The lowest BCUT2D eigenvalue weighted by atomic mass is 9.81. The van der Waals surface area contributed by atoms with Crippen molar-refractivity contribution in [2.45, 2.75) is 69.8 Å². The highest BCUT2D eigenvalue weighted by atomic mass is 19.4. The van der Waals surface area contributed by atoms with Gasteiger partial charge in [0.25, 0.3) is 5.91 Å². The number of anilines is 1. The molecule has 1 aliphatic heterocycles. The van der Waals surface area contributed by atoms with Crippen LogP contribution in [0.5, 0.6) is 0 Å². The first-order valence-electron chi connectivity index (χ1n) is 13.7. The monoisotopic (exact) mass is 618 g/mol. The number of amidine groups is 1. The number of carbonyl (C=O) groups excluding carboxylic acids is 2. The number of hydrazone groups is 1. The molecule has 3 heterocycles. The summed E-state index contributed by atoms with van der Waals surface area (Å²) in [6, 6.07) is -0.794. The minimum absolute atomic E-state index is 0.000308. The number of amides is 2. The fourth-order valence-electron chi connectivity index (χ4n) is 5.26. The summed E-state index contributed by atoms with van der Waals surface area (Å²) in [5, 5.41) is 17.5. The maximum Gasteiger partial charge on any atom is 0.407 e. The number of halogens is 5. The summed E-state index contributed by atoms with van der Waals surface area (Å²) >= 11 is 0. The molecule has 0 radical (unpaired) electrons. The van der Waals surface area contributed by atoms with Gasteiger partial charge >= 0.3 is 6.18 Å². The number of alkyl halides is 5. The van der Waals surface area contributed by atoms with Crippen molar-refractivity contribution in [2.24, 2.45) is 28.6 Å². The van der Waals surface area contributed by atoms with Gasteiger partial charge in [-0.05, 0) is 38.7 Å². The van der Waals surface area contributed by atoms with Gasteiger partial charge in [-0.1, -0.05) is 0 Å². The number of carbonyl (C=O) groups is 2. The van der Waals surface area contributed by atoms with E-state index in [2.05, 4.69) is 25.9 Å². The lowest BCUT2D eigenvalue weighted by molar-refractivity contribution is -0.139. The second-order valence-corrected chi connectivity index (χ2v) is 11.1. The largest absolute Gasteiger partial charge is 0.407 e. The second kappa shape index (κ2) is 12.8. The van der Waals surface area contributed by atoms with Gasteiger partial charge in [0.2, 0.25) is 11.8 Å². The summed E-state index contributed by atoms with van der Waals surface area (Å²) in [7, 11) is 0. The van der Waals surface area contributed by atoms with Crippen molar-refractivity contribution in [2.75, 3.05) is 25.1 Å². The zero-order valence-electron chi connectivity index (χ0n) is 23.6. The van der Waals surface area contributed by atoms with Gasteiger partial charge in [0.05, 0.1) is 25.1 Å². The topological polar surface area (TPSA) is 171 Å². The van der Waals surface area contributed by atoms with Gasteiger partial charge in [0.15, 0.2) is 5.84 Å². The van der Waals surface area contributed by atoms with Crippen LogP contribution in [0.1, 0.15) is 62.1 Å². The van der Waals surface area contributed by atoms with Crippen LogP contribution in [0, 0.1) is 11.8 Å². The third-order valence-electron chi connectivity index (χ3n) is 7.50. The van der Waals surface area contributed by atoms with Crippen molar-refractivity contribution >= 4 is 23.3 Å². The van der Waals surface area contributed by atoms with E-state index in [0.717, 1.165) is 0 Å². The number of ether oxygens (including phenoxy) is 1. The molecule has 0 spiro atoms. The van der Waals surface area contributed by atoms with Crippen LogP contribution >= 0.6 is 0 Å². The Morgan fingerprint density at radius 2 is 1.88 bits per heavy atom. The molecule has 43 heavy (non-hydrogen) atoms. The highest BCUT2D eigenvalue weighted by Crippen LogP contribution is 2.38. The Balaban J connectivity index is 1.55. The molecule has 2 aromatic rings. The van der Waals surface area contributed by atoms with Crippen molar-refractivity contribution in [1.82, 2.24) is 29.9 Å². The molecule has 6 N–H and O–H groups in total. The van der Waals surface area contributed by atoms with Crippen LogP contribution in [0.2, 0.25) is 0 Å². The summed E-state index contributed by atoms with van der Waals surface area (Å²) < 4.78 is 74.9. The molecule has 238 valence electrons. The molecule has 2 aliphatic rings. The fourth-order valence-corrected chi connectivity index (χ4v) is 5.26. The number of hydrogen-bond donors (Lipinski definition) is 4. The van der Waals surface area contributed by atoms with E-state index in [1.54, 1.807) is 0 Å². The highest BCUT2D eigenvalue weighted by Gasteiger charge is 2.42. The van der Waals surface area contributed by atoms with E-state index in [4.69, 9.17) is 16.4 Å². The summed E-state index contributed by atoms with van der Waals surface area (Å²) in [4.78, 5) is 26.7. The van der Waals surface area contributed by atoms with E-state index in [0.29, 0.717) is 5.01 Å². The van der Waals surface area contributed by atoms with Gasteiger partial charge in [-0.25, -0.2) is 14.6 Å². The average molecular weight is 619 g/mol. The number of nitrogens with one attached hydrogen (secondary N) is 2. The molecule has 1 saturated heterocycles. The summed E-state index contributed by atoms with van der Waals surface area (Å²) in [6.07, 6.45) is -1.44. The zero-order valence-corrected chi connectivity index (χ0v) is 23.6. The Morgan fingerprint density at radius 1 is 1.21 bits per heavy atom. The van der Waals surface area contributed by atoms with Crippen molar-refractivity contribution in [3.8, 4) is 0 Å². The van der Waals surface area contributed by atoms with Gasteiger partial charge < -0.3 is 21.2 Å². The predicted octanol–water partition coefficient (Wildman–Crippen LogP) is 2.42. The minimum atomic E-state index is -4.63. The van der Waals surface area contributed by atoms with Crippen molar-refractivity contribution in [1.29, 1.82) is 0 Å². The number of nitrogens with two attached hydrogens (primary N) is 2. The Bertz CT molecular complexity index is 1300. The SMILES string of the molecule is CC(C)n1nccc1C(=O)NC(C(=O)Nc1cnn(C(/C(=N/N)N(N)CC(F)(F)F)C2COC2)c1)C1CCC(F)(F)CC1. The molecule has 2 atom stereocenters. The first kappa shape index (κ1) is 32.1. The standard InChI is InChI=1S/C25H35F5N10O3/c1-14(2)40-18(5-8-33-40)22(41)36-19(15-3-6-24(26,27)7-4-15)23(42)35-17-9-34-39(10-17)20(16-11-43-12-16)21(37-31)38(32)13-25(28,29)30/h5,8-10,14-16,19-20H,3-4,6-7,11-13,31-32H2,1-2H3,(H,35,42)(H,36,41)/b37-21-. The maximum absolute atomic E-state index is 13.9. The first-order valence-corrected chi connectivity index (χ1v) is 13.7. The smallest absolute Gasteiger partial charge is 0.380 e. The summed E-state index contributed by atoms with van der Waals surface area (Å²) in [5.41, 5.74) is 0.338. The number of aromatic nitrogens is 4. The second-order valence-electron chi connectivity index (χ2n) is 11.1. The molecule has 2 fully saturated rings. The fraction of sp³-hybridized carbons (Fsp3) is 0.640. The third kappa shape index (κ3) is 7.78. The van der Waals surface area contributed by atoms with Crippen LogP contribution in [0.3, 0.4) is 0 Å². The van der Waals surface area contributed by atoms with Gasteiger partial charge in [0, 0.05) is 37.2 Å². The van der Waals surface area contributed by atoms with E-state index in [9.17, 15) is 31.5 Å². The number of hydrogen-bond acceptors (Lipinski definition) is 8. The molecule has 1 saturated carbocycles. The molecule has 2 amide bonds. The van der Waals surface area contributed by atoms with Crippen LogP contribution < -0.4 is 22.3 Å². The number of nitrogens with zero attached hydrogens (tertiary/aromatic N) is 6. The van der Waals surface area contributed by atoms with E-state index < -0.39 is 61.3 Å². The number of rotatable bonds is 10. The number of hydrazine groups is 1. The minimum Gasteiger partial charge on any atom is -0.380 e. The van der Waals surface area contributed by atoms with E-state index in [1.165, 1.54) is 34.0 Å². The van der Waals surface area contributed by atoms with Crippen LogP contribution in [0.4, 0.5) is 27.6 Å². The molecule has 0 aromatic carbocycles. The third-order valence-corrected chi connectivity index (χ3v) is 7.50. The normalized spacial score (nSPS) is 19.5. The van der Waals surface area contributed by atoms with Crippen LogP contribution in [-0.2, 0) is 9.53 Å². The van der Waals surface area contributed by atoms with Crippen molar-refractivity contribution in [3.63, 3.8) is 0 Å². The average Bonchev–Trinajstić information content (AvgIpc) is 3.55. The van der Waals surface area contributed by atoms with Crippen molar-refractivity contribution in [3.05, 3.63) is 30.4 Å². The molecule has 4 rings (SSSR count). The molecular formula is C25H35F5N10O3. The molecular weight excluding hydrogens is 583 g/mol. The zero-order chi connectivity index (χ0) is 31.5. The first-order chi connectivity index (χ1) is 20.2. The molecule has 13 nitrogen and oxygen atoms in total. The van der Waals surface area contributed by atoms with Crippen LogP contribution in [0.25, 0.3) is 0 Å². The lowest BCUT2D eigenvalue weighted by Gasteiger charge is -2.36. The maximum atomic E-state index is 13.9. The Hall–Kier alpha value is -3.80. The molecule has 1 aliphatic carbocycles. The molecule has 0 bridgehead atoms. The van der Waals surface area contributed by atoms with Gasteiger partial charge in [0.1, 0.15) is 24.3 Å². The van der Waals surface area contributed by atoms with Gasteiger partial charge in [-0.15, -0.1) is 0 Å². The molecule has 2 unspecified atom stereocenters. The highest BCUT2D eigenvalue weighted by molar-refractivity contribution is 6.00. The lowest BCUT2D eigenvalue weighted by Crippen LogP contribution is -2.52. The molecule has 18 heteroatoms. The van der Waals surface area contributed by atoms with Gasteiger partial charge in [-0.2, -0.15) is 28.5 Å².